The van der Waals surface area contributed by atoms with Crippen LogP contribution in [0.5, 0.6) is 5.75 Å². The number of hydrogen-bond acceptors (Lipinski definition) is 7. The van der Waals surface area contributed by atoms with Gasteiger partial charge in [-0.2, -0.15) is 4.31 Å². The van der Waals surface area contributed by atoms with Crippen molar-refractivity contribution in [2.24, 2.45) is 5.73 Å². The van der Waals surface area contributed by atoms with Crippen LogP contribution in [0, 0.1) is 0 Å². The smallest absolute Gasteiger partial charge is 0.327 e. The van der Waals surface area contributed by atoms with Gasteiger partial charge in [-0.1, -0.05) is 36.4 Å². The van der Waals surface area contributed by atoms with Gasteiger partial charge in [0.1, 0.15) is 11.9 Å². The first-order chi connectivity index (χ1) is 21.9. The lowest BCUT2D eigenvalue weighted by Crippen LogP contribution is -2.51. The molecule has 236 valence electrons. The summed E-state index contributed by atoms with van der Waals surface area (Å²) in [5, 5.41) is 9.70. The third-order valence-corrected chi connectivity index (χ3v) is 10.6. The summed E-state index contributed by atoms with van der Waals surface area (Å²) >= 11 is 0. The topological polar surface area (TPSA) is 129 Å². The normalized spacial score (nSPS) is 18.6. The molecule has 3 aliphatic rings. The van der Waals surface area contributed by atoms with E-state index in [9.17, 15) is 13.2 Å². The maximum Gasteiger partial charge on any atom is 0.327 e. The number of anilines is 1. The number of nitrogens with zero attached hydrogens (tertiary/aromatic N) is 2. The molecule has 10 nitrogen and oxygen atoms in total. The number of amides is 2. The van der Waals surface area contributed by atoms with Gasteiger partial charge in [-0.05, 0) is 97.9 Å². The van der Waals surface area contributed by atoms with Crippen molar-refractivity contribution in [3.05, 3.63) is 107 Å². The quantitative estimate of drug-likeness (QED) is 0.254. The first-order valence-corrected chi connectivity index (χ1v) is 16.8. The molecule has 1 atom stereocenters. The van der Waals surface area contributed by atoms with Crippen LogP contribution in [-0.4, -0.2) is 57.7 Å². The van der Waals surface area contributed by atoms with Crippen molar-refractivity contribution in [3.63, 3.8) is 0 Å². The molecule has 0 aliphatic carbocycles. The fourth-order valence-corrected chi connectivity index (χ4v) is 7.84. The van der Waals surface area contributed by atoms with Gasteiger partial charge in [0.25, 0.3) is 0 Å². The zero-order valence-corrected chi connectivity index (χ0v) is 26.2. The summed E-state index contributed by atoms with van der Waals surface area (Å²) in [6.07, 6.45) is 6.47. The molecule has 5 N–H and O–H groups in total. The second-order valence-electron chi connectivity index (χ2n) is 11.5. The van der Waals surface area contributed by atoms with Gasteiger partial charge in [-0.25, -0.2) is 13.2 Å². The highest BCUT2D eigenvalue weighted by molar-refractivity contribution is 7.89. The van der Waals surface area contributed by atoms with E-state index in [0.29, 0.717) is 19.5 Å². The molecule has 6 rings (SSSR count). The predicted octanol–water partition coefficient (Wildman–Crippen LogP) is 3.91. The Labute approximate surface area is 265 Å². The Hall–Kier alpha value is -4.16. The van der Waals surface area contributed by atoms with Crippen LogP contribution in [-0.2, 0) is 23.0 Å². The molecular formula is C34H40N6O4S. The first kappa shape index (κ1) is 30.8. The fraction of sp³-hybridized carbons (Fsp3) is 0.324. The third-order valence-electron chi connectivity index (χ3n) is 8.63. The number of piperidine rings is 1. The number of hydrogen-bond donors (Lipinski definition) is 4. The highest BCUT2D eigenvalue weighted by atomic mass is 32.2. The van der Waals surface area contributed by atoms with Crippen molar-refractivity contribution in [3.8, 4) is 5.75 Å². The van der Waals surface area contributed by atoms with Crippen LogP contribution in [0.1, 0.15) is 36.0 Å². The second-order valence-corrected chi connectivity index (χ2v) is 13.4. The van der Waals surface area contributed by atoms with Gasteiger partial charge in [0.2, 0.25) is 10.0 Å². The minimum Gasteiger partial charge on any atom is -0.497 e. The summed E-state index contributed by atoms with van der Waals surface area (Å²) in [5.41, 5.74) is 11.1. The summed E-state index contributed by atoms with van der Waals surface area (Å²) in [6, 6.07) is 22.2. The van der Waals surface area contributed by atoms with Gasteiger partial charge in [0.05, 0.1) is 17.7 Å². The fourth-order valence-electron chi connectivity index (χ4n) is 6.12. The van der Waals surface area contributed by atoms with E-state index in [1.807, 2.05) is 72.9 Å². The summed E-state index contributed by atoms with van der Waals surface area (Å²) in [7, 11) is -2.07. The molecule has 0 aromatic heterocycles. The van der Waals surface area contributed by atoms with Gasteiger partial charge in [-0.15, -0.1) is 0 Å². The average Bonchev–Trinajstić information content (AvgIpc) is 3.49. The zero-order valence-electron chi connectivity index (χ0n) is 25.4. The molecule has 1 fully saturated rings. The number of aryl methyl sites for hydroxylation is 1. The third kappa shape index (κ3) is 6.76. The number of nitrogens with two attached hydrogens (primary N) is 1. The minimum absolute atomic E-state index is 0.0476. The number of rotatable bonds is 11. The molecule has 3 heterocycles. The number of fused-ring (bicyclic) bond motifs is 1. The zero-order chi connectivity index (χ0) is 31.4. The van der Waals surface area contributed by atoms with Crippen LogP contribution in [0.25, 0.3) is 5.70 Å². The van der Waals surface area contributed by atoms with E-state index in [1.165, 1.54) is 0 Å². The maximum absolute atomic E-state index is 14.0. The van der Waals surface area contributed by atoms with Crippen LogP contribution < -0.4 is 31.3 Å². The monoisotopic (exact) mass is 628 g/mol. The molecular weight excluding hydrogens is 588 g/mol. The van der Waals surface area contributed by atoms with Crippen molar-refractivity contribution in [2.75, 3.05) is 31.6 Å². The number of carbonyl (C=O) groups is 1. The van der Waals surface area contributed by atoms with Crippen molar-refractivity contribution >= 4 is 27.4 Å². The number of ether oxygens (including phenoxy) is 1. The van der Waals surface area contributed by atoms with Crippen LogP contribution >= 0.6 is 0 Å². The molecule has 3 aromatic rings. The number of urea groups is 1. The van der Waals surface area contributed by atoms with Crippen molar-refractivity contribution < 1.29 is 17.9 Å². The summed E-state index contributed by atoms with van der Waals surface area (Å²) in [4.78, 5) is 14.7. The standard InChI is InChI=1S/C34H40N6O4S/c1-44-30-6-2-4-24(20-30)5-3-19-40(29-15-17-36-18-16-29)45(42,43)31-13-9-26(10-14-31)32-21-27-23-39(34(41)38-33(27)37-32)28-11-7-25(22-35)8-12-28/h2,4,6-14,20-21,23,29,33,36-37H,3,5,15-19,22,35H2,1H3,(H,38,41). The van der Waals surface area contributed by atoms with Gasteiger partial charge in [0, 0.05) is 36.6 Å². The molecule has 45 heavy (non-hydrogen) atoms. The molecule has 2 amide bonds. The van der Waals surface area contributed by atoms with E-state index in [2.05, 4.69) is 16.0 Å². The Morgan fingerprint density at radius 3 is 2.44 bits per heavy atom. The number of nitrogens with one attached hydrogen (secondary N) is 3. The number of carbonyl (C=O) groups excluding carboxylic acids is 1. The van der Waals surface area contributed by atoms with Crippen LogP contribution in [0.3, 0.4) is 0 Å². The van der Waals surface area contributed by atoms with Gasteiger partial charge < -0.3 is 26.4 Å². The highest BCUT2D eigenvalue weighted by Gasteiger charge is 2.33. The molecule has 1 saturated heterocycles. The molecule has 3 aliphatic heterocycles. The van der Waals surface area contributed by atoms with Gasteiger partial charge >= 0.3 is 6.03 Å². The van der Waals surface area contributed by atoms with Crippen LogP contribution in [0.15, 0.2) is 95.5 Å². The Morgan fingerprint density at radius 1 is 0.978 bits per heavy atom. The number of benzene rings is 3. The Kier molecular flexibility index (Phi) is 9.22. The van der Waals surface area contributed by atoms with E-state index >= 15 is 0 Å². The SMILES string of the molecule is COc1cccc(CCCN(C2CCNCC2)S(=O)(=O)c2ccc(C3=CC4=CN(c5ccc(CN)cc5)C(=O)NC4N3)cc2)c1. The first-order valence-electron chi connectivity index (χ1n) is 15.4. The molecule has 3 aromatic carbocycles. The van der Waals surface area contributed by atoms with E-state index < -0.39 is 10.0 Å². The molecule has 1 unspecified atom stereocenters. The van der Waals surface area contributed by atoms with Crippen LogP contribution in [0.4, 0.5) is 10.5 Å². The summed E-state index contributed by atoms with van der Waals surface area (Å²) < 4.78 is 35.1. The lowest BCUT2D eigenvalue weighted by Gasteiger charge is -2.34. The molecule has 0 saturated carbocycles. The Morgan fingerprint density at radius 2 is 1.73 bits per heavy atom. The molecule has 0 radical (unpaired) electrons. The lowest BCUT2D eigenvalue weighted by atomic mass is 10.1. The predicted molar refractivity (Wildman–Crippen MR) is 176 cm³/mol. The Bertz CT molecular complexity index is 1680. The van der Waals surface area contributed by atoms with Gasteiger partial charge in [0.15, 0.2) is 0 Å². The van der Waals surface area contributed by atoms with E-state index in [0.717, 1.165) is 71.7 Å². The molecule has 11 heteroatoms. The van der Waals surface area contributed by atoms with E-state index in [-0.39, 0.29) is 23.1 Å². The highest BCUT2D eigenvalue weighted by Crippen LogP contribution is 2.30. The number of sulfonamides is 1. The summed E-state index contributed by atoms with van der Waals surface area (Å²) in [5.74, 6) is 0.801. The van der Waals surface area contributed by atoms with Crippen LogP contribution in [0.2, 0.25) is 0 Å². The molecule has 0 bridgehead atoms. The van der Waals surface area contributed by atoms with Crippen molar-refractivity contribution in [2.45, 2.75) is 49.3 Å². The number of methoxy groups -OCH3 is 1. The Balaban J connectivity index is 1.18. The van der Waals surface area contributed by atoms with E-state index in [4.69, 9.17) is 10.5 Å². The maximum atomic E-state index is 14.0. The van der Waals surface area contributed by atoms with Gasteiger partial charge in [-0.3, -0.25) is 4.90 Å². The van der Waals surface area contributed by atoms with E-state index in [1.54, 1.807) is 28.4 Å². The molecule has 0 spiro atoms. The van der Waals surface area contributed by atoms with Crippen molar-refractivity contribution in [1.82, 2.24) is 20.3 Å². The van der Waals surface area contributed by atoms with Crippen molar-refractivity contribution in [1.29, 1.82) is 0 Å². The largest absolute Gasteiger partial charge is 0.497 e. The minimum atomic E-state index is -3.72. The average molecular weight is 629 g/mol. The lowest BCUT2D eigenvalue weighted by molar-refractivity contribution is 0.244. The second kappa shape index (κ2) is 13.5. The summed E-state index contributed by atoms with van der Waals surface area (Å²) in [6.45, 7) is 2.48.